The SMILES string of the molecule is O=C1CN(Cc2ccccc2)S(=O)(=O)C1. The summed E-state index contributed by atoms with van der Waals surface area (Å²) >= 11 is 0. The van der Waals surface area contributed by atoms with Gasteiger partial charge in [-0.05, 0) is 5.56 Å². The molecule has 0 amide bonds. The number of Topliss-reactive ketones (excluding diaryl/α,β-unsaturated/α-hetero) is 1. The van der Waals surface area contributed by atoms with Gasteiger partial charge in [0.05, 0.1) is 6.54 Å². The van der Waals surface area contributed by atoms with Gasteiger partial charge < -0.3 is 0 Å². The summed E-state index contributed by atoms with van der Waals surface area (Å²) in [5.74, 6) is -0.578. The number of benzene rings is 1. The smallest absolute Gasteiger partial charge is 0.222 e. The Labute approximate surface area is 88.6 Å². The number of hydrogen-bond acceptors (Lipinski definition) is 3. The van der Waals surface area contributed by atoms with E-state index in [-0.39, 0.29) is 24.6 Å². The summed E-state index contributed by atoms with van der Waals surface area (Å²) < 4.78 is 24.2. The van der Waals surface area contributed by atoms with Crippen LogP contribution in [-0.4, -0.2) is 30.8 Å². The molecule has 2 rings (SSSR count). The van der Waals surface area contributed by atoms with Crippen LogP contribution >= 0.6 is 0 Å². The van der Waals surface area contributed by atoms with E-state index in [9.17, 15) is 13.2 Å². The Hall–Kier alpha value is -1.20. The maximum absolute atomic E-state index is 11.5. The molecule has 4 nitrogen and oxygen atoms in total. The van der Waals surface area contributed by atoms with Gasteiger partial charge in [-0.25, -0.2) is 8.42 Å². The topological polar surface area (TPSA) is 54.5 Å². The zero-order chi connectivity index (χ0) is 10.9. The van der Waals surface area contributed by atoms with Gasteiger partial charge in [0, 0.05) is 6.54 Å². The predicted molar refractivity (Wildman–Crippen MR) is 55.6 cm³/mol. The number of rotatable bonds is 2. The van der Waals surface area contributed by atoms with Crippen molar-refractivity contribution in [3.63, 3.8) is 0 Å². The molecule has 1 aliphatic heterocycles. The summed E-state index contributed by atoms with van der Waals surface area (Å²) in [7, 11) is -3.35. The van der Waals surface area contributed by atoms with Gasteiger partial charge in [-0.15, -0.1) is 0 Å². The molecule has 1 aromatic carbocycles. The molecule has 80 valence electrons. The van der Waals surface area contributed by atoms with Gasteiger partial charge in [0.1, 0.15) is 5.75 Å². The van der Waals surface area contributed by atoms with Crippen molar-refractivity contribution in [2.45, 2.75) is 6.54 Å². The molecule has 5 heteroatoms. The Balaban J connectivity index is 2.17. The molecule has 1 aromatic rings. The summed E-state index contributed by atoms with van der Waals surface area (Å²) in [5.41, 5.74) is 0.899. The van der Waals surface area contributed by atoms with Crippen molar-refractivity contribution in [2.75, 3.05) is 12.3 Å². The zero-order valence-electron chi connectivity index (χ0n) is 8.09. The third kappa shape index (κ3) is 2.24. The van der Waals surface area contributed by atoms with E-state index in [1.54, 1.807) is 0 Å². The van der Waals surface area contributed by atoms with E-state index in [1.807, 2.05) is 30.3 Å². The fraction of sp³-hybridized carbons (Fsp3) is 0.300. The van der Waals surface area contributed by atoms with E-state index in [0.29, 0.717) is 0 Å². The Morgan fingerprint density at radius 1 is 1.20 bits per heavy atom. The van der Waals surface area contributed by atoms with Crippen molar-refractivity contribution >= 4 is 15.8 Å². The lowest BCUT2D eigenvalue weighted by Gasteiger charge is -2.12. The summed E-state index contributed by atoms with van der Waals surface area (Å²) in [4.78, 5) is 11.0. The maximum Gasteiger partial charge on any atom is 0.222 e. The normalized spacial score (nSPS) is 20.7. The number of nitrogens with zero attached hydrogens (tertiary/aromatic N) is 1. The molecule has 0 saturated carbocycles. The minimum absolute atomic E-state index is 0.0111. The van der Waals surface area contributed by atoms with Crippen LogP contribution in [0.5, 0.6) is 0 Å². The van der Waals surface area contributed by atoms with Gasteiger partial charge in [0.2, 0.25) is 10.0 Å². The molecule has 1 fully saturated rings. The molecule has 0 atom stereocenters. The lowest BCUT2D eigenvalue weighted by Crippen LogP contribution is -2.25. The molecule has 15 heavy (non-hydrogen) atoms. The fourth-order valence-electron chi connectivity index (χ4n) is 1.58. The minimum Gasteiger partial charge on any atom is -0.297 e. The molecular formula is C10H11NO3S. The number of ketones is 1. The molecule has 1 heterocycles. The van der Waals surface area contributed by atoms with Crippen LogP contribution in [0, 0.1) is 0 Å². The molecule has 0 spiro atoms. The third-order valence-electron chi connectivity index (χ3n) is 2.29. The molecular weight excluding hydrogens is 214 g/mol. The highest BCUT2D eigenvalue weighted by Gasteiger charge is 2.34. The molecule has 0 unspecified atom stereocenters. The van der Waals surface area contributed by atoms with E-state index in [1.165, 1.54) is 4.31 Å². The van der Waals surface area contributed by atoms with Crippen molar-refractivity contribution in [3.05, 3.63) is 35.9 Å². The lowest BCUT2D eigenvalue weighted by atomic mass is 10.2. The van der Waals surface area contributed by atoms with Crippen LogP contribution in [-0.2, 0) is 21.4 Å². The highest BCUT2D eigenvalue weighted by atomic mass is 32.2. The number of carbonyl (C=O) groups excluding carboxylic acids is 1. The Morgan fingerprint density at radius 3 is 2.40 bits per heavy atom. The monoisotopic (exact) mass is 225 g/mol. The fourth-order valence-corrected chi connectivity index (χ4v) is 2.94. The average Bonchev–Trinajstić information content (AvgIpc) is 2.41. The van der Waals surface area contributed by atoms with Crippen LogP contribution in [0.3, 0.4) is 0 Å². The lowest BCUT2D eigenvalue weighted by molar-refractivity contribution is -0.116. The molecule has 0 N–H and O–H groups in total. The largest absolute Gasteiger partial charge is 0.297 e. The van der Waals surface area contributed by atoms with E-state index >= 15 is 0 Å². The Kier molecular flexibility index (Phi) is 2.58. The van der Waals surface area contributed by atoms with Crippen LogP contribution in [0.2, 0.25) is 0 Å². The summed E-state index contributed by atoms with van der Waals surface area (Å²) in [6.45, 7) is 0.298. The van der Waals surface area contributed by atoms with Crippen LogP contribution in [0.4, 0.5) is 0 Å². The highest BCUT2D eigenvalue weighted by Crippen LogP contribution is 2.14. The van der Waals surface area contributed by atoms with Gasteiger partial charge in [-0.2, -0.15) is 4.31 Å². The number of carbonyl (C=O) groups is 1. The van der Waals surface area contributed by atoms with E-state index in [2.05, 4.69) is 0 Å². The Bertz CT molecular complexity index is 467. The first kappa shape index (κ1) is 10.3. The standard InChI is InChI=1S/C10H11NO3S/c12-10-7-11(15(13,14)8-10)6-9-4-2-1-3-5-9/h1-5H,6-8H2. The summed E-state index contributed by atoms with van der Waals surface area (Å²) in [5, 5.41) is 0. The zero-order valence-corrected chi connectivity index (χ0v) is 8.90. The maximum atomic E-state index is 11.5. The second-order valence-corrected chi connectivity index (χ2v) is 5.52. The van der Waals surface area contributed by atoms with Crippen molar-refractivity contribution in [3.8, 4) is 0 Å². The molecule has 0 aromatic heterocycles. The second kappa shape index (κ2) is 3.75. The van der Waals surface area contributed by atoms with Gasteiger partial charge in [0.25, 0.3) is 0 Å². The molecule has 0 bridgehead atoms. The van der Waals surface area contributed by atoms with Gasteiger partial charge in [0.15, 0.2) is 5.78 Å². The number of hydrogen-bond donors (Lipinski definition) is 0. The molecule has 0 aliphatic carbocycles. The van der Waals surface area contributed by atoms with Crippen LogP contribution in [0.25, 0.3) is 0 Å². The molecule has 0 radical (unpaired) electrons. The van der Waals surface area contributed by atoms with Crippen molar-refractivity contribution < 1.29 is 13.2 Å². The van der Waals surface area contributed by atoms with Gasteiger partial charge in [-0.3, -0.25) is 4.79 Å². The van der Waals surface area contributed by atoms with Crippen LogP contribution in [0.15, 0.2) is 30.3 Å². The summed E-state index contributed by atoms with van der Waals surface area (Å²) in [6.07, 6.45) is 0. The van der Waals surface area contributed by atoms with E-state index in [0.717, 1.165) is 5.56 Å². The summed E-state index contributed by atoms with van der Waals surface area (Å²) in [6, 6.07) is 9.25. The molecule has 1 saturated heterocycles. The first-order valence-corrected chi connectivity index (χ1v) is 6.22. The Morgan fingerprint density at radius 2 is 1.87 bits per heavy atom. The highest BCUT2D eigenvalue weighted by molar-refractivity contribution is 7.90. The van der Waals surface area contributed by atoms with Crippen LogP contribution in [0.1, 0.15) is 5.56 Å². The van der Waals surface area contributed by atoms with Crippen molar-refractivity contribution in [1.29, 1.82) is 0 Å². The third-order valence-corrected chi connectivity index (χ3v) is 4.02. The van der Waals surface area contributed by atoms with Gasteiger partial charge in [-0.1, -0.05) is 30.3 Å². The predicted octanol–water partition coefficient (Wildman–Crippen LogP) is 0.401. The van der Waals surface area contributed by atoms with Crippen LogP contribution < -0.4 is 0 Å². The minimum atomic E-state index is -3.35. The molecule has 1 aliphatic rings. The average molecular weight is 225 g/mol. The second-order valence-electron chi connectivity index (χ2n) is 3.55. The quantitative estimate of drug-likeness (QED) is 0.732. The van der Waals surface area contributed by atoms with Crippen molar-refractivity contribution in [2.24, 2.45) is 0 Å². The van der Waals surface area contributed by atoms with E-state index in [4.69, 9.17) is 0 Å². The first-order valence-electron chi connectivity index (χ1n) is 4.61. The van der Waals surface area contributed by atoms with E-state index < -0.39 is 10.0 Å². The number of sulfonamides is 1. The first-order chi connectivity index (χ1) is 7.08. The van der Waals surface area contributed by atoms with Crippen molar-refractivity contribution in [1.82, 2.24) is 4.31 Å². The van der Waals surface area contributed by atoms with Gasteiger partial charge >= 0.3 is 0 Å².